The molecular weight excluding hydrogens is 777 g/mol. The molecule has 9 rings (SSSR count). The number of benzene rings is 4. The monoisotopic (exact) mass is 827 g/mol. The molecule has 4 heterocycles. The number of alkyl halides is 2. The number of phenols is 1. The van der Waals surface area contributed by atoms with Gasteiger partial charge in [0.2, 0.25) is 11.6 Å². The first-order chi connectivity index (χ1) is 29.3. The molecular formula is C49H51F2N5O5. The van der Waals surface area contributed by atoms with E-state index in [9.17, 15) is 24.3 Å². The second kappa shape index (κ2) is 15.9. The van der Waals surface area contributed by atoms with E-state index < -0.39 is 29.2 Å². The number of rotatable bonds is 9. The van der Waals surface area contributed by atoms with Crippen molar-refractivity contribution in [3.8, 4) is 5.75 Å². The summed E-state index contributed by atoms with van der Waals surface area (Å²) in [6, 6.07) is 27.0. The number of aryl methyl sites for hydroxylation is 1. The van der Waals surface area contributed by atoms with Crippen LogP contribution in [0.4, 0.5) is 14.5 Å². The smallest absolute Gasteiger partial charge is 0.264 e. The van der Waals surface area contributed by atoms with Crippen molar-refractivity contribution in [2.75, 3.05) is 44.7 Å². The number of hydrogen-bond acceptors (Lipinski definition) is 7. The van der Waals surface area contributed by atoms with Crippen LogP contribution in [-0.2, 0) is 29.1 Å². The molecule has 4 aromatic rings. The van der Waals surface area contributed by atoms with Crippen LogP contribution in [0.2, 0.25) is 0 Å². The van der Waals surface area contributed by atoms with Crippen molar-refractivity contribution in [3.05, 3.63) is 142 Å². The van der Waals surface area contributed by atoms with Crippen LogP contribution in [0.15, 0.2) is 97.2 Å². The number of hydrogen-bond donors (Lipinski definition) is 2. The molecule has 0 aromatic heterocycles. The van der Waals surface area contributed by atoms with Gasteiger partial charge in [0.15, 0.2) is 6.29 Å². The predicted octanol–water partition coefficient (Wildman–Crippen LogP) is 6.81. The largest absolute Gasteiger partial charge is 0.508 e. The summed E-state index contributed by atoms with van der Waals surface area (Å²) in [7, 11) is 1.55. The molecule has 4 aliphatic heterocycles. The molecule has 10 nitrogen and oxygen atoms in total. The average Bonchev–Trinajstić information content (AvgIpc) is 3.64. The number of anilines is 1. The van der Waals surface area contributed by atoms with Crippen molar-refractivity contribution in [2.45, 2.75) is 80.8 Å². The lowest BCUT2D eigenvalue weighted by Gasteiger charge is -2.48. The predicted molar refractivity (Wildman–Crippen MR) is 228 cm³/mol. The highest BCUT2D eigenvalue weighted by atomic mass is 19.1. The summed E-state index contributed by atoms with van der Waals surface area (Å²) in [6.07, 6.45) is 3.60. The Morgan fingerprint density at radius 1 is 0.902 bits per heavy atom. The molecule has 3 saturated heterocycles. The van der Waals surface area contributed by atoms with Crippen molar-refractivity contribution in [3.63, 3.8) is 0 Å². The number of carbonyl (C=O) groups is 4. The summed E-state index contributed by atoms with van der Waals surface area (Å²) in [5.74, 6) is -0.722. The molecule has 4 aromatic carbocycles. The second-order valence-electron chi connectivity index (χ2n) is 17.8. The van der Waals surface area contributed by atoms with Gasteiger partial charge in [-0.2, -0.15) is 0 Å². The van der Waals surface area contributed by atoms with Crippen molar-refractivity contribution in [2.24, 2.45) is 0 Å². The molecule has 0 spiro atoms. The number of likely N-dealkylation sites (tertiary alicyclic amines) is 1. The van der Waals surface area contributed by atoms with Gasteiger partial charge in [-0.05, 0) is 101 Å². The highest BCUT2D eigenvalue weighted by molar-refractivity contribution is 6.03. The summed E-state index contributed by atoms with van der Waals surface area (Å²) in [5.41, 5.74) is 4.63. The van der Waals surface area contributed by atoms with Crippen LogP contribution in [0, 0.1) is 0 Å². The Balaban J connectivity index is 0.797. The SMILES string of the molecule is C=C1CCC(N(C)C(=O)c2cc3c(cc2C=O)CN(CC2(F)CCN(C(=O)C4(F)CN(c5ccc(C6c7ccc(O)cc7CCC6c6ccccc6)cc5)C4)CC2)C3)C(=O)N1. The summed E-state index contributed by atoms with van der Waals surface area (Å²) < 4.78 is 32.6. The number of aromatic hydroxyl groups is 1. The van der Waals surface area contributed by atoms with Gasteiger partial charge in [0.05, 0.1) is 18.7 Å². The van der Waals surface area contributed by atoms with Gasteiger partial charge in [-0.25, -0.2) is 8.78 Å². The zero-order chi connectivity index (χ0) is 42.6. The molecule has 61 heavy (non-hydrogen) atoms. The highest BCUT2D eigenvalue weighted by Crippen LogP contribution is 2.47. The number of piperidine rings is 2. The number of nitrogens with zero attached hydrogens (tertiary/aromatic N) is 4. The number of phenolic OH excluding ortho intramolecular Hbond substituents is 1. The minimum atomic E-state index is -2.05. The lowest BCUT2D eigenvalue weighted by molar-refractivity contribution is -0.148. The molecule has 2 N–H and O–H groups in total. The van der Waals surface area contributed by atoms with Crippen LogP contribution in [0.5, 0.6) is 5.75 Å². The first-order valence-electron chi connectivity index (χ1n) is 21.3. The molecule has 3 atom stereocenters. The Hall–Kier alpha value is -5.88. The van der Waals surface area contributed by atoms with E-state index in [1.165, 1.54) is 20.9 Å². The first-order valence-corrected chi connectivity index (χ1v) is 21.3. The Labute approximate surface area is 354 Å². The molecule has 3 unspecified atom stereocenters. The van der Waals surface area contributed by atoms with Crippen LogP contribution in [0.3, 0.4) is 0 Å². The average molecular weight is 828 g/mol. The van der Waals surface area contributed by atoms with Gasteiger partial charge < -0.3 is 25.1 Å². The summed E-state index contributed by atoms with van der Waals surface area (Å²) in [5, 5.41) is 12.9. The molecule has 3 fully saturated rings. The molecule has 5 aliphatic rings. The molecule has 0 radical (unpaired) electrons. The van der Waals surface area contributed by atoms with Crippen LogP contribution in [0.25, 0.3) is 0 Å². The van der Waals surface area contributed by atoms with Crippen LogP contribution < -0.4 is 10.2 Å². The van der Waals surface area contributed by atoms with E-state index in [2.05, 4.69) is 48.3 Å². The third-order valence-electron chi connectivity index (χ3n) is 13.8. The van der Waals surface area contributed by atoms with Gasteiger partial charge in [0, 0.05) is 75.5 Å². The Morgan fingerprint density at radius 2 is 1.61 bits per heavy atom. The van der Waals surface area contributed by atoms with Gasteiger partial charge in [-0.15, -0.1) is 0 Å². The minimum Gasteiger partial charge on any atom is -0.508 e. The lowest BCUT2D eigenvalue weighted by atomic mass is 9.69. The van der Waals surface area contributed by atoms with Gasteiger partial charge in [-0.3, -0.25) is 24.1 Å². The number of amides is 3. The normalized spacial score (nSPS) is 23.0. The van der Waals surface area contributed by atoms with E-state index in [1.807, 2.05) is 40.1 Å². The summed E-state index contributed by atoms with van der Waals surface area (Å²) in [6.45, 7) is 4.76. The fraction of sp³-hybridized carbons (Fsp3) is 0.388. The zero-order valence-electron chi connectivity index (χ0n) is 34.4. The van der Waals surface area contributed by atoms with E-state index in [4.69, 9.17) is 0 Å². The molecule has 12 heteroatoms. The maximum Gasteiger partial charge on any atom is 0.264 e. The summed E-state index contributed by atoms with van der Waals surface area (Å²) in [4.78, 5) is 58.5. The van der Waals surface area contributed by atoms with Gasteiger partial charge in [0.25, 0.3) is 11.8 Å². The topological polar surface area (TPSA) is 114 Å². The van der Waals surface area contributed by atoms with Crippen LogP contribution >= 0.6 is 0 Å². The Morgan fingerprint density at radius 3 is 2.30 bits per heavy atom. The molecule has 0 bridgehead atoms. The van der Waals surface area contributed by atoms with E-state index in [0.717, 1.165) is 40.8 Å². The van der Waals surface area contributed by atoms with E-state index in [0.29, 0.717) is 37.9 Å². The van der Waals surface area contributed by atoms with Crippen molar-refractivity contribution in [1.29, 1.82) is 0 Å². The number of likely N-dealkylation sites (N-methyl/N-ethyl adjacent to an activating group) is 1. The Bertz CT molecular complexity index is 2390. The molecule has 3 amide bonds. The number of allylic oxidation sites excluding steroid dienone is 1. The molecule has 316 valence electrons. The van der Waals surface area contributed by atoms with E-state index in [1.54, 1.807) is 25.2 Å². The van der Waals surface area contributed by atoms with Gasteiger partial charge in [-0.1, -0.05) is 55.1 Å². The molecule has 0 saturated carbocycles. The van der Waals surface area contributed by atoms with Crippen LogP contribution in [-0.4, -0.2) is 101 Å². The van der Waals surface area contributed by atoms with E-state index in [-0.39, 0.29) is 80.2 Å². The standard InChI is InChI=1S/C49H51F2N5O5/c1-31-8-17-43(45(59)52-31)53(2)46(60)42-24-36-26-54(25-35(36)22-37(42)27-57)28-48(50)18-20-55(21-19-48)47(61)49(51)29-56(30-49)38-12-9-33(10-13-38)44-40(32-6-4-3-5-7-32)15-11-34-23-39(58)14-16-41(34)44/h3-7,9-10,12-14,16,22-24,27,40,43-44,58H,1,8,11,15,17-21,25-26,28-30H2,2H3,(H,52,59). The zero-order valence-corrected chi connectivity index (χ0v) is 34.4. The fourth-order valence-corrected chi connectivity index (χ4v) is 10.4. The van der Waals surface area contributed by atoms with Crippen LogP contribution in [0.1, 0.15) is 98.0 Å². The highest BCUT2D eigenvalue weighted by Gasteiger charge is 2.53. The number of carbonyl (C=O) groups excluding carboxylic acids is 4. The molecule has 1 aliphatic carbocycles. The van der Waals surface area contributed by atoms with Gasteiger partial charge in [0.1, 0.15) is 17.5 Å². The van der Waals surface area contributed by atoms with E-state index >= 15 is 8.78 Å². The Kier molecular flexibility index (Phi) is 10.5. The summed E-state index contributed by atoms with van der Waals surface area (Å²) >= 11 is 0. The third kappa shape index (κ3) is 7.71. The van der Waals surface area contributed by atoms with Crippen molar-refractivity contribution in [1.82, 2.24) is 20.0 Å². The maximum atomic E-state index is 16.4. The second-order valence-corrected chi connectivity index (χ2v) is 17.8. The quantitative estimate of drug-likeness (QED) is 0.179. The number of nitrogens with one attached hydrogen (secondary N) is 1. The van der Waals surface area contributed by atoms with Crippen molar-refractivity contribution >= 4 is 29.7 Å². The first kappa shape index (κ1) is 40.5. The van der Waals surface area contributed by atoms with Crippen molar-refractivity contribution < 1.29 is 33.1 Å². The number of aldehydes is 1. The van der Waals surface area contributed by atoms with Gasteiger partial charge >= 0.3 is 0 Å². The fourth-order valence-electron chi connectivity index (χ4n) is 10.4. The number of halogens is 2. The number of fused-ring (bicyclic) bond motifs is 2. The lowest BCUT2D eigenvalue weighted by Crippen LogP contribution is -2.67. The minimum absolute atomic E-state index is 0.0701. The maximum absolute atomic E-state index is 16.4. The third-order valence-corrected chi connectivity index (χ3v) is 13.8.